The summed E-state index contributed by atoms with van der Waals surface area (Å²) in [5, 5.41) is 11.4. The molecule has 3 aromatic carbocycles. The fourth-order valence-corrected chi connectivity index (χ4v) is 5.45. The van der Waals surface area contributed by atoms with Crippen LogP contribution in [0.4, 0.5) is 17.3 Å². The maximum atomic E-state index is 14.5. The van der Waals surface area contributed by atoms with Crippen LogP contribution in [0, 0.1) is 24.0 Å². The molecule has 188 valence electrons. The van der Waals surface area contributed by atoms with Gasteiger partial charge in [-0.15, -0.1) is 0 Å². The van der Waals surface area contributed by atoms with Gasteiger partial charge in [0.25, 0.3) is 17.5 Å². The molecule has 0 saturated carbocycles. The summed E-state index contributed by atoms with van der Waals surface area (Å²) in [7, 11) is 0. The Balaban J connectivity index is 1.61. The molecule has 9 nitrogen and oxygen atoms in total. The topological polar surface area (TPSA) is 114 Å². The molecule has 4 aromatic rings. The molecular formula is C29H21N3O6. The molecule has 0 fully saturated rings. The number of benzene rings is 3. The van der Waals surface area contributed by atoms with Gasteiger partial charge in [0.2, 0.25) is 11.3 Å². The van der Waals surface area contributed by atoms with Gasteiger partial charge in [0.05, 0.1) is 16.0 Å². The zero-order valence-electron chi connectivity index (χ0n) is 20.5. The van der Waals surface area contributed by atoms with E-state index in [9.17, 15) is 24.5 Å². The minimum atomic E-state index is -1.74. The predicted molar refractivity (Wildman–Crippen MR) is 140 cm³/mol. The molecule has 0 aliphatic carbocycles. The second kappa shape index (κ2) is 8.24. The highest BCUT2D eigenvalue weighted by Crippen LogP contribution is 2.51. The first-order valence-corrected chi connectivity index (χ1v) is 12.0. The van der Waals surface area contributed by atoms with E-state index in [0.717, 1.165) is 11.1 Å². The number of hydrogen-bond acceptors (Lipinski definition) is 6. The first kappa shape index (κ1) is 23.4. The molecular weight excluding hydrogens is 486 g/mol. The number of nitro groups is 1. The summed E-state index contributed by atoms with van der Waals surface area (Å²) in [5.74, 6) is -0.977. The van der Waals surface area contributed by atoms with Crippen molar-refractivity contribution in [3.63, 3.8) is 0 Å². The number of rotatable bonds is 3. The van der Waals surface area contributed by atoms with Crippen molar-refractivity contribution < 1.29 is 18.9 Å². The SMILES string of the molecule is Cc1cccc(C)c1N1C(=O)C2(C=CCN2C(=O)c2ccc([N+](=O)[O-])cc2)c2c1oc1ccccc1c2=O. The van der Waals surface area contributed by atoms with E-state index < -0.39 is 27.7 Å². The summed E-state index contributed by atoms with van der Waals surface area (Å²) in [5.41, 5.74) is 0.414. The van der Waals surface area contributed by atoms with E-state index >= 15 is 0 Å². The highest BCUT2D eigenvalue weighted by atomic mass is 16.6. The summed E-state index contributed by atoms with van der Waals surface area (Å²) in [4.78, 5) is 55.6. The lowest BCUT2D eigenvalue weighted by Crippen LogP contribution is -2.52. The Labute approximate surface area is 216 Å². The van der Waals surface area contributed by atoms with Crippen molar-refractivity contribution in [2.45, 2.75) is 19.4 Å². The van der Waals surface area contributed by atoms with Crippen molar-refractivity contribution in [2.24, 2.45) is 0 Å². The predicted octanol–water partition coefficient (Wildman–Crippen LogP) is 4.90. The standard InChI is InChI=1S/C29H21N3O6/c1-17-7-5-8-18(2)24(17)31-27-23(25(33)21-9-3-4-10-22(21)38-27)29(28(31)35)15-6-16-30(29)26(34)19-11-13-20(14-12-19)32(36)37/h3-15H,16H2,1-2H3. The second-order valence-electron chi connectivity index (χ2n) is 9.38. The van der Waals surface area contributed by atoms with Crippen molar-refractivity contribution in [2.75, 3.05) is 11.4 Å². The van der Waals surface area contributed by atoms with Gasteiger partial charge in [-0.3, -0.25) is 24.5 Å². The lowest BCUT2D eigenvalue weighted by molar-refractivity contribution is -0.384. The lowest BCUT2D eigenvalue weighted by atomic mass is 9.90. The molecule has 1 atom stereocenters. The van der Waals surface area contributed by atoms with Gasteiger partial charge >= 0.3 is 0 Å². The number of carbonyl (C=O) groups is 2. The Hall–Kier alpha value is -5.05. The Morgan fingerprint density at radius 2 is 1.66 bits per heavy atom. The largest absolute Gasteiger partial charge is 0.439 e. The molecule has 38 heavy (non-hydrogen) atoms. The molecule has 0 N–H and O–H groups in total. The minimum absolute atomic E-state index is 0.0628. The van der Waals surface area contributed by atoms with Crippen molar-refractivity contribution in [1.29, 1.82) is 0 Å². The molecule has 0 bridgehead atoms. The van der Waals surface area contributed by atoms with E-state index in [2.05, 4.69) is 0 Å². The van der Waals surface area contributed by atoms with Crippen molar-refractivity contribution >= 4 is 40.0 Å². The average Bonchev–Trinajstić information content (AvgIpc) is 3.45. The van der Waals surface area contributed by atoms with Crippen LogP contribution in [0.3, 0.4) is 0 Å². The third kappa shape index (κ3) is 3.08. The molecule has 1 spiro atoms. The van der Waals surface area contributed by atoms with E-state index in [1.54, 1.807) is 36.4 Å². The van der Waals surface area contributed by atoms with Gasteiger partial charge in [-0.1, -0.05) is 36.4 Å². The molecule has 2 aliphatic heterocycles. The third-order valence-electron chi connectivity index (χ3n) is 7.20. The molecule has 0 radical (unpaired) electrons. The van der Waals surface area contributed by atoms with Crippen LogP contribution in [-0.4, -0.2) is 28.2 Å². The van der Waals surface area contributed by atoms with Gasteiger partial charge in [-0.05, 0) is 55.3 Å². The normalized spacial score (nSPS) is 18.0. The summed E-state index contributed by atoms with van der Waals surface area (Å²) in [6.45, 7) is 3.79. The average molecular weight is 508 g/mol. The Bertz CT molecular complexity index is 1750. The van der Waals surface area contributed by atoms with Crippen molar-refractivity contribution in [1.82, 2.24) is 4.90 Å². The minimum Gasteiger partial charge on any atom is -0.439 e. The van der Waals surface area contributed by atoms with Crippen LogP contribution in [0.5, 0.6) is 0 Å². The van der Waals surface area contributed by atoms with Gasteiger partial charge in [0, 0.05) is 24.2 Å². The molecule has 6 rings (SSSR count). The van der Waals surface area contributed by atoms with Crippen LogP contribution < -0.4 is 10.3 Å². The fourth-order valence-electron chi connectivity index (χ4n) is 5.45. The molecule has 1 aromatic heterocycles. The van der Waals surface area contributed by atoms with Gasteiger partial charge < -0.3 is 9.32 Å². The summed E-state index contributed by atoms with van der Waals surface area (Å²) < 4.78 is 6.25. The number of para-hydroxylation sites is 2. The lowest BCUT2D eigenvalue weighted by Gasteiger charge is -2.33. The summed E-state index contributed by atoms with van der Waals surface area (Å²) in [6.07, 6.45) is 3.25. The fraction of sp³-hybridized carbons (Fsp3) is 0.138. The number of nitro benzene ring substituents is 1. The van der Waals surface area contributed by atoms with Gasteiger partial charge in [0.1, 0.15) is 11.1 Å². The van der Waals surface area contributed by atoms with Gasteiger partial charge in [-0.25, -0.2) is 4.90 Å². The van der Waals surface area contributed by atoms with Crippen LogP contribution in [0.25, 0.3) is 11.0 Å². The number of aryl methyl sites for hydroxylation is 2. The van der Waals surface area contributed by atoms with Crippen molar-refractivity contribution in [3.8, 4) is 0 Å². The van der Waals surface area contributed by atoms with E-state index in [1.807, 2.05) is 32.0 Å². The zero-order valence-corrected chi connectivity index (χ0v) is 20.5. The zero-order chi connectivity index (χ0) is 26.8. The number of anilines is 2. The number of hydrogen-bond donors (Lipinski definition) is 0. The Morgan fingerprint density at radius 3 is 2.34 bits per heavy atom. The highest BCUT2D eigenvalue weighted by Gasteiger charge is 2.60. The smallest absolute Gasteiger partial charge is 0.269 e. The monoisotopic (exact) mass is 507 g/mol. The molecule has 2 amide bonds. The van der Waals surface area contributed by atoms with E-state index in [-0.39, 0.29) is 29.2 Å². The van der Waals surface area contributed by atoms with Gasteiger partial charge in [-0.2, -0.15) is 0 Å². The van der Waals surface area contributed by atoms with Crippen LogP contribution in [0.15, 0.2) is 88.1 Å². The number of non-ortho nitro benzene ring substituents is 1. The maximum Gasteiger partial charge on any atom is 0.269 e. The summed E-state index contributed by atoms with van der Waals surface area (Å²) >= 11 is 0. The maximum absolute atomic E-state index is 14.5. The number of nitrogens with zero attached hydrogens (tertiary/aromatic N) is 3. The number of carbonyl (C=O) groups excluding carboxylic acids is 2. The first-order chi connectivity index (χ1) is 18.3. The Kier molecular flexibility index (Phi) is 5.06. The first-order valence-electron chi connectivity index (χ1n) is 12.0. The quantitative estimate of drug-likeness (QED) is 0.221. The molecule has 3 heterocycles. The van der Waals surface area contributed by atoms with Crippen LogP contribution in [0.1, 0.15) is 27.0 Å². The highest BCUT2D eigenvalue weighted by molar-refractivity contribution is 6.16. The molecule has 2 aliphatic rings. The Morgan fingerprint density at radius 1 is 0.974 bits per heavy atom. The van der Waals surface area contributed by atoms with E-state index in [4.69, 9.17) is 4.42 Å². The number of amides is 2. The van der Waals surface area contributed by atoms with Crippen LogP contribution in [-0.2, 0) is 10.3 Å². The van der Waals surface area contributed by atoms with E-state index in [1.165, 1.54) is 34.1 Å². The van der Waals surface area contributed by atoms with Crippen LogP contribution in [0.2, 0.25) is 0 Å². The van der Waals surface area contributed by atoms with E-state index in [0.29, 0.717) is 16.7 Å². The molecule has 9 heteroatoms. The molecule has 0 saturated heterocycles. The number of fused-ring (bicyclic) bond motifs is 3. The third-order valence-corrected chi connectivity index (χ3v) is 7.20. The van der Waals surface area contributed by atoms with Crippen LogP contribution >= 0.6 is 0 Å². The van der Waals surface area contributed by atoms with Crippen molar-refractivity contribution in [3.05, 3.63) is 121 Å². The summed E-state index contributed by atoms with van der Waals surface area (Å²) in [6, 6.07) is 17.5. The second-order valence-corrected chi connectivity index (χ2v) is 9.38. The molecule has 1 unspecified atom stereocenters. The van der Waals surface area contributed by atoms with Gasteiger partial charge in [0.15, 0.2) is 5.54 Å².